The van der Waals surface area contributed by atoms with Crippen LogP contribution in [0.15, 0.2) is 54.7 Å². The van der Waals surface area contributed by atoms with E-state index in [2.05, 4.69) is 27.5 Å². The second-order valence-corrected chi connectivity index (χ2v) is 8.12. The van der Waals surface area contributed by atoms with E-state index in [1.165, 1.54) is 24.8 Å². The molecule has 3 aromatic rings. The minimum atomic E-state index is -0.0767. The van der Waals surface area contributed by atoms with E-state index < -0.39 is 0 Å². The molecule has 1 aliphatic rings. The van der Waals surface area contributed by atoms with Crippen molar-refractivity contribution in [3.63, 3.8) is 0 Å². The lowest BCUT2D eigenvalue weighted by Gasteiger charge is -2.37. The van der Waals surface area contributed by atoms with Crippen LogP contribution < -0.4 is 5.32 Å². The first kappa shape index (κ1) is 19.4. The number of aryl methyl sites for hydroxylation is 2. The van der Waals surface area contributed by atoms with Crippen LogP contribution in [0.5, 0.6) is 0 Å². The Morgan fingerprint density at radius 3 is 2.55 bits per heavy atom. The molecule has 1 N–H and O–H groups in total. The molecular formula is C24H28N4O. The van der Waals surface area contributed by atoms with E-state index in [-0.39, 0.29) is 11.3 Å². The fourth-order valence-electron chi connectivity index (χ4n) is 4.35. The molecule has 150 valence electrons. The van der Waals surface area contributed by atoms with Gasteiger partial charge in [-0.15, -0.1) is 0 Å². The molecule has 1 aliphatic carbocycles. The summed E-state index contributed by atoms with van der Waals surface area (Å²) in [6.07, 6.45) is 7.79. The molecule has 1 aromatic carbocycles. The molecule has 29 heavy (non-hydrogen) atoms. The van der Waals surface area contributed by atoms with Gasteiger partial charge in [0.15, 0.2) is 0 Å². The van der Waals surface area contributed by atoms with Crippen molar-refractivity contribution >= 4 is 5.91 Å². The molecule has 0 spiro atoms. The molecule has 0 saturated heterocycles. The van der Waals surface area contributed by atoms with Crippen LogP contribution in [0.2, 0.25) is 0 Å². The van der Waals surface area contributed by atoms with Crippen LogP contribution in [0.3, 0.4) is 0 Å². The highest BCUT2D eigenvalue weighted by molar-refractivity contribution is 5.93. The number of nitrogens with one attached hydrogen (secondary N) is 1. The number of nitrogens with zero attached hydrogens (tertiary/aromatic N) is 3. The van der Waals surface area contributed by atoms with E-state index in [1.54, 1.807) is 4.68 Å². The molecule has 0 unspecified atom stereocenters. The van der Waals surface area contributed by atoms with E-state index in [0.29, 0.717) is 12.2 Å². The molecule has 5 heteroatoms. The van der Waals surface area contributed by atoms with Crippen LogP contribution in [0.25, 0.3) is 11.3 Å². The number of hydrogen-bond acceptors (Lipinski definition) is 3. The molecule has 1 saturated carbocycles. The van der Waals surface area contributed by atoms with Crippen molar-refractivity contribution in [1.29, 1.82) is 0 Å². The summed E-state index contributed by atoms with van der Waals surface area (Å²) in [7, 11) is 1.82. The fourth-order valence-corrected chi connectivity index (χ4v) is 4.35. The largest absolute Gasteiger partial charge is 0.350 e. The maximum atomic E-state index is 13.0. The molecule has 1 fully saturated rings. The lowest BCUT2D eigenvalue weighted by Crippen LogP contribution is -2.42. The lowest BCUT2D eigenvalue weighted by molar-refractivity contribution is 0.0927. The number of hydrogen-bond donors (Lipinski definition) is 1. The van der Waals surface area contributed by atoms with Crippen molar-refractivity contribution < 1.29 is 4.79 Å². The predicted molar refractivity (Wildman–Crippen MR) is 115 cm³/mol. The Labute approximate surface area is 172 Å². The van der Waals surface area contributed by atoms with Gasteiger partial charge in [-0.05, 0) is 37.5 Å². The monoisotopic (exact) mass is 388 g/mol. The Kier molecular flexibility index (Phi) is 5.47. The van der Waals surface area contributed by atoms with Gasteiger partial charge in [-0.2, -0.15) is 5.10 Å². The summed E-state index contributed by atoms with van der Waals surface area (Å²) in [5, 5.41) is 7.73. The average Bonchev–Trinajstić information content (AvgIpc) is 3.15. The van der Waals surface area contributed by atoms with E-state index in [0.717, 1.165) is 29.8 Å². The van der Waals surface area contributed by atoms with Crippen molar-refractivity contribution in [2.45, 2.75) is 44.4 Å². The van der Waals surface area contributed by atoms with Gasteiger partial charge in [0.1, 0.15) is 5.69 Å². The third-order valence-corrected chi connectivity index (χ3v) is 6.10. The van der Waals surface area contributed by atoms with Crippen LogP contribution >= 0.6 is 0 Å². The van der Waals surface area contributed by atoms with Gasteiger partial charge in [-0.3, -0.25) is 14.5 Å². The summed E-state index contributed by atoms with van der Waals surface area (Å²) in [6.45, 7) is 2.63. The summed E-state index contributed by atoms with van der Waals surface area (Å²) >= 11 is 0. The van der Waals surface area contributed by atoms with Crippen LogP contribution in [0, 0.1) is 6.92 Å². The van der Waals surface area contributed by atoms with E-state index in [4.69, 9.17) is 0 Å². The number of rotatable bonds is 5. The van der Waals surface area contributed by atoms with Gasteiger partial charge in [-0.25, -0.2) is 0 Å². The first-order chi connectivity index (χ1) is 14.1. The standard InChI is InChI=1S/C24H28N4O/c1-18-11-12-20(16-25-18)24(13-7-4-8-14-24)17-26-23(29)22-15-21(27-28(22)2)19-9-5-3-6-10-19/h3,5-6,9-12,15-16H,4,7-8,13-14,17H2,1-2H3,(H,26,29). The quantitative estimate of drug-likeness (QED) is 0.704. The third-order valence-electron chi connectivity index (χ3n) is 6.10. The Bertz CT molecular complexity index is 970. The summed E-state index contributed by atoms with van der Waals surface area (Å²) < 4.78 is 1.67. The minimum absolute atomic E-state index is 0.0323. The van der Waals surface area contributed by atoms with E-state index in [9.17, 15) is 4.79 Å². The van der Waals surface area contributed by atoms with Gasteiger partial charge in [-0.1, -0.05) is 55.7 Å². The summed E-state index contributed by atoms with van der Waals surface area (Å²) in [4.78, 5) is 17.5. The van der Waals surface area contributed by atoms with Crippen molar-refractivity contribution in [2.75, 3.05) is 6.54 Å². The second-order valence-electron chi connectivity index (χ2n) is 8.12. The van der Waals surface area contributed by atoms with Crippen molar-refractivity contribution in [1.82, 2.24) is 20.1 Å². The van der Waals surface area contributed by atoms with Crippen LogP contribution in [-0.4, -0.2) is 27.2 Å². The molecular weight excluding hydrogens is 360 g/mol. The molecule has 0 radical (unpaired) electrons. The number of aromatic nitrogens is 3. The van der Waals surface area contributed by atoms with Gasteiger partial charge in [0.2, 0.25) is 0 Å². The minimum Gasteiger partial charge on any atom is -0.350 e. The SMILES string of the molecule is Cc1ccc(C2(CNC(=O)c3cc(-c4ccccc4)nn3C)CCCCC2)cn1. The van der Waals surface area contributed by atoms with Crippen molar-refractivity contribution in [3.05, 3.63) is 71.7 Å². The number of amides is 1. The first-order valence-corrected chi connectivity index (χ1v) is 10.4. The summed E-state index contributed by atoms with van der Waals surface area (Å²) in [6, 6.07) is 16.1. The molecule has 0 atom stereocenters. The van der Waals surface area contributed by atoms with Gasteiger partial charge in [0, 0.05) is 36.5 Å². The highest BCUT2D eigenvalue weighted by Gasteiger charge is 2.34. The van der Waals surface area contributed by atoms with E-state index in [1.807, 2.05) is 56.6 Å². The average molecular weight is 389 g/mol. The van der Waals surface area contributed by atoms with Gasteiger partial charge in [0.05, 0.1) is 5.69 Å². The Balaban J connectivity index is 1.53. The fraction of sp³-hybridized carbons (Fsp3) is 0.375. The maximum Gasteiger partial charge on any atom is 0.269 e. The number of carbonyl (C=O) groups excluding carboxylic acids is 1. The molecule has 0 aliphatic heterocycles. The van der Waals surface area contributed by atoms with Crippen LogP contribution in [0.4, 0.5) is 0 Å². The summed E-state index contributed by atoms with van der Waals surface area (Å²) in [5.41, 5.74) is 4.63. The molecule has 1 amide bonds. The number of pyridine rings is 1. The zero-order valence-electron chi connectivity index (χ0n) is 17.2. The molecule has 2 aromatic heterocycles. The molecule has 5 nitrogen and oxygen atoms in total. The topological polar surface area (TPSA) is 59.8 Å². The predicted octanol–water partition coefficient (Wildman–Crippen LogP) is 4.42. The Morgan fingerprint density at radius 2 is 1.86 bits per heavy atom. The van der Waals surface area contributed by atoms with E-state index >= 15 is 0 Å². The molecule has 4 rings (SSSR count). The van der Waals surface area contributed by atoms with Gasteiger partial charge in [0.25, 0.3) is 5.91 Å². The zero-order chi connectivity index (χ0) is 20.3. The van der Waals surface area contributed by atoms with Gasteiger partial charge >= 0.3 is 0 Å². The Morgan fingerprint density at radius 1 is 1.10 bits per heavy atom. The normalized spacial score (nSPS) is 15.8. The smallest absolute Gasteiger partial charge is 0.269 e. The third kappa shape index (κ3) is 4.09. The highest BCUT2D eigenvalue weighted by atomic mass is 16.2. The van der Waals surface area contributed by atoms with Gasteiger partial charge < -0.3 is 5.32 Å². The highest BCUT2D eigenvalue weighted by Crippen LogP contribution is 2.38. The second kappa shape index (κ2) is 8.19. The first-order valence-electron chi connectivity index (χ1n) is 10.4. The molecule has 2 heterocycles. The zero-order valence-corrected chi connectivity index (χ0v) is 17.2. The summed E-state index contributed by atoms with van der Waals surface area (Å²) in [5.74, 6) is -0.0767. The van der Waals surface area contributed by atoms with Crippen LogP contribution in [-0.2, 0) is 12.5 Å². The number of carbonyl (C=O) groups is 1. The van der Waals surface area contributed by atoms with Crippen molar-refractivity contribution in [3.8, 4) is 11.3 Å². The lowest BCUT2D eigenvalue weighted by atomic mass is 9.69. The maximum absolute atomic E-state index is 13.0. The number of benzene rings is 1. The Hall–Kier alpha value is -2.95. The van der Waals surface area contributed by atoms with Crippen LogP contribution in [0.1, 0.15) is 53.8 Å². The molecule has 0 bridgehead atoms. The van der Waals surface area contributed by atoms with Crippen molar-refractivity contribution in [2.24, 2.45) is 7.05 Å².